The first-order valence-corrected chi connectivity index (χ1v) is 15.0. The molecular formula is C30H37FN4O7S. The number of fused-ring (bicyclic) bond motifs is 1. The van der Waals surface area contributed by atoms with Crippen molar-refractivity contribution in [2.24, 2.45) is 0 Å². The summed E-state index contributed by atoms with van der Waals surface area (Å²) in [5.74, 6) is 0.474. The Morgan fingerprint density at radius 1 is 1.23 bits per heavy atom. The number of methoxy groups -OCH3 is 1. The van der Waals surface area contributed by atoms with Crippen LogP contribution in [0.4, 0.5) is 4.39 Å². The normalized spacial score (nSPS) is 17.3. The van der Waals surface area contributed by atoms with E-state index in [1.165, 1.54) is 52.2 Å². The second-order valence-electron chi connectivity index (χ2n) is 10.6. The Hall–Kier alpha value is -3.81. The van der Waals surface area contributed by atoms with Crippen LogP contribution in [0.1, 0.15) is 56.2 Å². The van der Waals surface area contributed by atoms with Crippen molar-refractivity contribution in [1.29, 1.82) is 0 Å². The van der Waals surface area contributed by atoms with Gasteiger partial charge in [0.25, 0.3) is 5.56 Å². The van der Waals surface area contributed by atoms with E-state index < -0.39 is 23.1 Å². The SMILES string of the molecule is COc1ccc(F)cc1CCn1c(=O)n(C(C)CCNC=O)c(=O)c2c(C)c(-c3ncco3)sc21.OC1CCC(O)CC1. The molecule has 43 heavy (non-hydrogen) atoms. The summed E-state index contributed by atoms with van der Waals surface area (Å²) >= 11 is 1.26. The molecule has 3 aromatic heterocycles. The van der Waals surface area contributed by atoms with Gasteiger partial charge in [-0.05, 0) is 81.7 Å². The standard InChI is InChI=1S/C24H25FN4O5S.C6H12O2/c1-14(6-8-26-13-30)29-22(31)19-15(2)20(21-27-9-11-34-21)35-23(19)28(24(29)32)10-7-16-12-17(25)4-5-18(16)33-3;7-5-1-2-6(8)4-3-5/h4-5,9,11-14H,6-8,10H2,1-3H3,(H,26,30);5-8H,1-4H2. The van der Waals surface area contributed by atoms with Gasteiger partial charge in [0.2, 0.25) is 12.3 Å². The Labute approximate surface area is 251 Å². The molecule has 1 unspecified atom stereocenters. The molecule has 5 rings (SSSR count). The van der Waals surface area contributed by atoms with Gasteiger partial charge in [0.1, 0.15) is 22.7 Å². The van der Waals surface area contributed by atoms with Crippen molar-refractivity contribution >= 4 is 28.0 Å². The molecule has 11 nitrogen and oxygen atoms in total. The molecule has 3 heterocycles. The van der Waals surface area contributed by atoms with Gasteiger partial charge < -0.3 is 24.7 Å². The number of halogens is 1. The third-order valence-corrected chi connectivity index (χ3v) is 8.92. The Morgan fingerprint density at radius 3 is 2.53 bits per heavy atom. The summed E-state index contributed by atoms with van der Waals surface area (Å²) in [7, 11) is 1.50. The lowest BCUT2D eigenvalue weighted by Crippen LogP contribution is -2.42. The first-order valence-electron chi connectivity index (χ1n) is 14.2. The number of aromatic nitrogens is 3. The summed E-state index contributed by atoms with van der Waals surface area (Å²) in [4.78, 5) is 43.2. The number of rotatable bonds is 10. The third-order valence-electron chi connectivity index (χ3n) is 7.61. The predicted octanol–water partition coefficient (Wildman–Crippen LogP) is 3.56. The number of ether oxygens (including phenoxy) is 1. The molecule has 1 aliphatic rings. The lowest BCUT2D eigenvalue weighted by atomic mass is 9.95. The molecule has 1 saturated carbocycles. The lowest BCUT2D eigenvalue weighted by Gasteiger charge is -2.20. The maximum atomic E-state index is 13.9. The van der Waals surface area contributed by atoms with E-state index in [1.807, 2.05) is 0 Å². The van der Waals surface area contributed by atoms with Gasteiger partial charge in [-0.15, -0.1) is 11.3 Å². The average Bonchev–Trinajstić information content (AvgIpc) is 3.63. The first kappa shape index (κ1) is 32.1. The minimum Gasteiger partial charge on any atom is -0.496 e. The van der Waals surface area contributed by atoms with E-state index in [9.17, 15) is 18.8 Å². The number of carbonyl (C=O) groups excluding carboxylic acids is 1. The molecule has 0 aliphatic heterocycles. The zero-order valence-electron chi connectivity index (χ0n) is 24.4. The second kappa shape index (κ2) is 14.6. The molecule has 1 aliphatic carbocycles. The molecule has 1 fully saturated rings. The highest BCUT2D eigenvalue weighted by Crippen LogP contribution is 2.35. The van der Waals surface area contributed by atoms with Gasteiger partial charge in [-0.3, -0.25) is 18.7 Å². The Kier molecular flexibility index (Phi) is 10.9. The quantitative estimate of drug-likeness (QED) is 0.181. The van der Waals surface area contributed by atoms with Crippen LogP contribution in [0.2, 0.25) is 0 Å². The van der Waals surface area contributed by atoms with Crippen LogP contribution >= 0.6 is 11.3 Å². The van der Waals surface area contributed by atoms with E-state index in [-0.39, 0.29) is 18.8 Å². The number of hydrogen-bond donors (Lipinski definition) is 3. The molecule has 232 valence electrons. The fourth-order valence-corrected chi connectivity index (χ4v) is 6.46. The number of thiophene rings is 1. The van der Waals surface area contributed by atoms with Crippen LogP contribution in [0.5, 0.6) is 5.75 Å². The van der Waals surface area contributed by atoms with Crippen LogP contribution in [0.15, 0.2) is 44.7 Å². The fraction of sp³-hybridized carbons (Fsp3) is 0.467. The number of oxazole rings is 1. The Morgan fingerprint density at radius 2 is 1.93 bits per heavy atom. The molecule has 0 bridgehead atoms. The summed E-state index contributed by atoms with van der Waals surface area (Å²) in [6.07, 6.45) is 7.08. The summed E-state index contributed by atoms with van der Waals surface area (Å²) in [5.41, 5.74) is 0.391. The van der Waals surface area contributed by atoms with Crippen LogP contribution in [0.3, 0.4) is 0 Å². The van der Waals surface area contributed by atoms with Crippen molar-refractivity contribution in [2.45, 2.75) is 77.2 Å². The first-order chi connectivity index (χ1) is 20.7. The highest BCUT2D eigenvalue weighted by molar-refractivity contribution is 7.22. The van der Waals surface area contributed by atoms with E-state index >= 15 is 0 Å². The maximum absolute atomic E-state index is 13.9. The number of aliphatic hydroxyl groups excluding tert-OH is 2. The Bertz CT molecular complexity index is 1630. The van der Waals surface area contributed by atoms with E-state index in [4.69, 9.17) is 19.4 Å². The molecule has 1 aromatic carbocycles. The van der Waals surface area contributed by atoms with Crippen LogP contribution in [-0.4, -0.2) is 56.6 Å². The molecule has 13 heteroatoms. The van der Waals surface area contributed by atoms with E-state index in [0.717, 1.165) is 25.7 Å². The van der Waals surface area contributed by atoms with Gasteiger partial charge in [-0.2, -0.15) is 0 Å². The third kappa shape index (κ3) is 7.40. The number of benzene rings is 1. The molecule has 1 atom stereocenters. The van der Waals surface area contributed by atoms with Gasteiger partial charge >= 0.3 is 5.69 Å². The molecule has 4 aromatic rings. The minimum atomic E-state index is -0.475. The fourth-order valence-electron chi connectivity index (χ4n) is 5.20. The number of aliphatic hydroxyl groups is 2. The van der Waals surface area contributed by atoms with Crippen molar-refractivity contribution in [1.82, 2.24) is 19.4 Å². The molecule has 1 amide bonds. The average molecular weight is 617 g/mol. The van der Waals surface area contributed by atoms with Gasteiger partial charge in [-0.25, -0.2) is 14.2 Å². The zero-order chi connectivity index (χ0) is 31.1. The Balaban J connectivity index is 0.000000458. The molecule has 0 saturated heterocycles. The van der Waals surface area contributed by atoms with Crippen LogP contribution in [0.25, 0.3) is 21.0 Å². The lowest BCUT2D eigenvalue weighted by molar-refractivity contribution is -0.109. The number of amides is 1. The summed E-state index contributed by atoms with van der Waals surface area (Å²) in [6.45, 7) is 4.07. The van der Waals surface area contributed by atoms with Crippen molar-refractivity contribution in [3.8, 4) is 16.5 Å². The number of hydrogen-bond acceptors (Lipinski definition) is 9. The number of aryl methyl sites for hydroxylation is 3. The summed E-state index contributed by atoms with van der Waals surface area (Å²) in [5, 5.41) is 20.8. The summed E-state index contributed by atoms with van der Waals surface area (Å²) in [6, 6.07) is 3.77. The van der Waals surface area contributed by atoms with E-state index in [2.05, 4.69) is 10.3 Å². The maximum Gasteiger partial charge on any atom is 0.332 e. The molecule has 0 spiro atoms. The highest BCUT2D eigenvalue weighted by atomic mass is 32.1. The van der Waals surface area contributed by atoms with Crippen LogP contribution < -0.4 is 21.3 Å². The van der Waals surface area contributed by atoms with Crippen LogP contribution in [-0.2, 0) is 17.8 Å². The zero-order valence-corrected chi connectivity index (χ0v) is 25.2. The van der Waals surface area contributed by atoms with E-state index in [0.29, 0.717) is 63.7 Å². The van der Waals surface area contributed by atoms with Crippen molar-refractivity contribution in [3.05, 3.63) is 68.4 Å². The van der Waals surface area contributed by atoms with Crippen molar-refractivity contribution in [3.63, 3.8) is 0 Å². The predicted molar refractivity (Wildman–Crippen MR) is 161 cm³/mol. The molecule has 0 radical (unpaired) electrons. The molecular weight excluding hydrogens is 579 g/mol. The van der Waals surface area contributed by atoms with Gasteiger partial charge in [0.05, 0.1) is 35.8 Å². The minimum absolute atomic E-state index is 0.140. The number of carbonyl (C=O) groups is 1. The second-order valence-corrected chi connectivity index (χ2v) is 11.6. The molecule has 3 N–H and O–H groups in total. The topological polar surface area (TPSA) is 149 Å². The summed E-state index contributed by atoms with van der Waals surface area (Å²) < 4.78 is 27.5. The largest absolute Gasteiger partial charge is 0.496 e. The van der Waals surface area contributed by atoms with Crippen molar-refractivity contribution < 1.29 is 28.6 Å². The monoisotopic (exact) mass is 616 g/mol. The van der Waals surface area contributed by atoms with Gasteiger partial charge in [-0.1, -0.05) is 0 Å². The van der Waals surface area contributed by atoms with Gasteiger partial charge in [0.15, 0.2) is 0 Å². The number of nitrogens with one attached hydrogen (secondary N) is 1. The van der Waals surface area contributed by atoms with E-state index in [1.54, 1.807) is 19.9 Å². The smallest absolute Gasteiger partial charge is 0.332 e. The van der Waals surface area contributed by atoms with Crippen molar-refractivity contribution in [2.75, 3.05) is 13.7 Å². The van der Waals surface area contributed by atoms with Crippen LogP contribution in [0, 0.1) is 12.7 Å². The van der Waals surface area contributed by atoms with Gasteiger partial charge in [0, 0.05) is 19.1 Å². The highest BCUT2D eigenvalue weighted by Gasteiger charge is 2.24. The number of nitrogens with zero attached hydrogens (tertiary/aromatic N) is 3.